The number of rotatable bonds is 3. The van der Waals surface area contributed by atoms with Crippen molar-refractivity contribution in [3.63, 3.8) is 0 Å². The molecule has 1 atom stereocenters. The second-order valence-electron chi connectivity index (χ2n) is 3.66. The van der Waals surface area contributed by atoms with Gasteiger partial charge in [-0.25, -0.2) is 9.82 Å². The molecule has 0 saturated heterocycles. The normalized spacial score (nSPS) is 12.7. The van der Waals surface area contributed by atoms with Crippen LogP contribution in [0.1, 0.15) is 22.7 Å². The second kappa shape index (κ2) is 4.74. The molecule has 2 aromatic rings. The van der Waals surface area contributed by atoms with Gasteiger partial charge in [-0.05, 0) is 52.6 Å². The molecule has 0 radical (unpaired) electrons. The molecular formula is C12H13FN2S. The molecule has 0 aliphatic heterocycles. The Hall–Kier alpha value is -1.23. The molecule has 16 heavy (non-hydrogen) atoms. The van der Waals surface area contributed by atoms with E-state index in [4.69, 9.17) is 5.84 Å². The van der Waals surface area contributed by atoms with Crippen LogP contribution in [0.15, 0.2) is 35.0 Å². The molecule has 4 heteroatoms. The average molecular weight is 236 g/mol. The van der Waals surface area contributed by atoms with Gasteiger partial charge in [-0.3, -0.25) is 5.84 Å². The van der Waals surface area contributed by atoms with Gasteiger partial charge in [0, 0.05) is 0 Å². The van der Waals surface area contributed by atoms with Crippen LogP contribution in [0.3, 0.4) is 0 Å². The first-order chi connectivity index (χ1) is 7.72. The second-order valence-corrected chi connectivity index (χ2v) is 4.44. The molecule has 3 N–H and O–H groups in total. The van der Waals surface area contributed by atoms with Crippen molar-refractivity contribution in [2.24, 2.45) is 5.84 Å². The lowest BCUT2D eigenvalue weighted by Crippen LogP contribution is -2.29. The topological polar surface area (TPSA) is 38.0 Å². The minimum Gasteiger partial charge on any atom is -0.271 e. The molecule has 1 heterocycles. The Bertz CT molecular complexity index is 468. The number of hydrogen-bond donors (Lipinski definition) is 2. The zero-order chi connectivity index (χ0) is 11.5. The maximum Gasteiger partial charge on any atom is 0.123 e. The lowest BCUT2D eigenvalue weighted by Gasteiger charge is -2.17. The molecule has 0 aliphatic carbocycles. The van der Waals surface area contributed by atoms with E-state index in [1.165, 1.54) is 12.1 Å². The van der Waals surface area contributed by atoms with Crippen molar-refractivity contribution in [2.45, 2.75) is 13.0 Å². The molecule has 1 aromatic carbocycles. The zero-order valence-electron chi connectivity index (χ0n) is 8.91. The summed E-state index contributed by atoms with van der Waals surface area (Å²) in [6.45, 7) is 1.88. The smallest absolute Gasteiger partial charge is 0.123 e. The van der Waals surface area contributed by atoms with Crippen molar-refractivity contribution < 1.29 is 4.39 Å². The van der Waals surface area contributed by atoms with E-state index in [2.05, 4.69) is 5.43 Å². The van der Waals surface area contributed by atoms with Gasteiger partial charge >= 0.3 is 0 Å². The number of nitrogens with one attached hydrogen (secondary N) is 1. The molecule has 0 saturated carbocycles. The summed E-state index contributed by atoms with van der Waals surface area (Å²) in [5.41, 5.74) is 5.76. The first kappa shape index (κ1) is 11.3. The fraction of sp³-hybridized carbons (Fsp3) is 0.167. The highest BCUT2D eigenvalue weighted by Gasteiger charge is 2.15. The zero-order valence-corrected chi connectivity index (χ0v) is 9.72. The van der Waals surface area contributed by atoms with Gasteiger partial charge in [0.1, 0.15) is 5.82 Å². The van der Waals surface area contributed by atoms with Crippen molar-refractivity contribution in [2.75, 3.05) is 0 Å². The number of halogens is 1. The predicted octanol–water partition coefficient (Wildman–Crippen LogP) is 2.75. The van der Waals surface area contributed by atoms with E-state index in [9.17, 15) is 4.39 Å². The highest BCUT2D eigenvalue weighted by molar-refractivity contribution is 7.08. The third-order valence-corrected chi connectivity index (χ3v) is 3.29. The van der Waals surface area contributed by atoms with Crippen LogP contribution in [0.4, 0.5) is 4.39 Å². The van der Waals surface area contributed by atoms with Crippen molar-refractivity contribution in [1.29, 1.82) is 0 Å². The van der Waals surface area contributed by atoms with Crippen molar-refractivity contribution in [1.82, 2.24) is 5.43 Å². The SMILES string of the molecule is Cc1cc(F)ccc1C(NN)c1ccsc1. The molecule has 84 valence electrons. The number of benzene rings is 1. The third-order valence-electron chi connectivity index (χ3n) is 2.59. The van der Waals surface area contributed by atoms with Crippen LogP contribution in [-0.2, 0) is 0 Å². The molecule has 1 aromatic heterocycles. The lowest BCUT2D eigenvalue weighted by atomic mass is 9.97. The molecular weight excluding hydrogens is 223 g/mol. The minimum atomic E-state index is -0.220. The van der Waals surface area contributed by atoms with Gasteiger partial charge in [0.05, 0.1) is 6.04 Å². The van der Waals surface area contributed by atoms with Gasteiger partial charge in [0.15, 0.2) is 0 Å². The van der Waals surface area contributed by atoms with Crippen LogP contribution in [-0.4, -0.2) is 0 Å². The van der Waals surface area contributed by atoms with Gasteiger partial charge in [-0.2, -0.15) is 11.3 Å². The van der Waals surface area contributed by atoms with Crippen LogP contribution in [0.2, 0.25) is 0 Å². The Kier molecular flexibility index (Phi) is 3.33. The Morgan fingerprint density at radius 2 is 2.19 bits per heavy atom. The summed E-state index contributed by atoms with van der Waals surface area (Å²) in [6.07, 6.45) is 0. The van der Waals surface area contributed by atoms with Crippen LogP contribution in [0.5, 0.6) is 0 Å². The third kappa shape index (κ3) is 2.14. The molecule has 2 rings (SSSR count). The van der Waals surface area contributed by atoms with Crippen LogP contribution < -0.4 is 11.3 Å². The van der Waals surface area contributed by atoms with Gasteiger partial charge in [0.25, 0.3) is 0 Å². The van der Waals surface area contributed by atoms with Crippen LogP contribution in [0.25, 0.3) is 0 Å². The van der Waals surface area contributed by atoms with E-state index in [1.807, 2.05) is 23.8 Å². The largest absolute Gasteiger partial charge is 0.271 e. The highest BCUT2D eigenvalue weighted by atomic mass is 32.1. The van der Waals surface area contributed by atoms with E-state index in [-0.39, 0.29) is 11.9 Å². The predicted molar refractivity (Wildman–Crippen MR) is 64.6 cm³/mol. The highest BCUT2D eigenvalue weighted by Crippen LogP contribution is 2.26. The summed E-state index contributed by atoms with van der Waals surface area (Å²) >= 11 is 1.62. The number of thiophene rings is 1. The van der Waals surface area contributed by atoms with Gasteiger partial charge < -0.3 is 0 Å². The summed E-state index contributed by atoms with van der Waals surface area (Å²) < 4.78 is 13.0. The van der Waals surface area contributed by atoms with Gasteiger partial charge in [-0.15, -0.1) is 0 Å². The standard InChI is InChI=1S/C12H13FN2S/c1-8-6-10(13)2-3-11(8)12(15-14)9-4-5-16-7-9/h2-7,12,15H,14H2,1H3. The summed E-state index contributed by atoms with van der Waals surface area (Å²) in [5.74, 6) is 5.34. The van der Waals surface area contributed by atoms with Crippen molar-refractivity contribution in [3.8, 4) is 0 Å². The molecule has 0 amide bonds. The van der Waals surface area contributed by atoms with E-state index in [0.717, 1.165) is 16.7 Å². The van der Waals surface area contributed by atoms with E-state index in [0.29, 0.717) is 0 Å². The molecule has 1 unspecified atom stereocenters. The number of hydrogen-bond acceptors (Lipinski definition) is 3. The minimum absolute atomic E-state index is 0.0770. The number of hydrazine groups is 1. The summed E-state index contributed by atoms with van der Waals surface area (Å²) in [4.78, 5) is 0. The average Bonchev–Trinajstić information content (AvgIpc) is 2.75. The lowest BCUT2D eigenvalue weighted by molar-refractivity contribution is 0.612. The summed E-state index contributed by atoms with van der Waals surface area (Å²) in [5, 5.41) is 4.03. The fourth-order valence-electron chi connectivity index (χ4n) is 1.77. The van der Waals surface area contributed by atoms with Crippen LogP contribution >= 0.6 is 11.3 Å². The Morgan fingerprint density at radius 1 is 1.38 bits per heavy atom. The van der Waals surface area contributed by atoms with Crippen molar-refractivity contribution in [3.05, 3.63) is 57.5 Å². The Morgan fingerprint density at radius 3 is 2.75 bits per heavy atom. The van der Waals surface area contributed by atoms with Gasteiger partial charge in [0.2, 0.25) is 0 Å². The maximum absolute atomic E-state index is 13.0. The van der Waals surface area contributed by atoms with E-state index >= 15 is 0 Å². The first-order valence-electron chi connectivity index (χ1n) is 4.96. The van der Waals surface area contributed by atoms with Gasteiger partial charge in [-0.1, -0.05) is 6.07 Å². The molecule has 0 fully saturated rings. The molecule has 0 aliphatic rings. The van der Waals surface area contributed by atoms with Crippen LogP contribution in [0, 0.1) is 12.7 Å². The summed E-state index contributed by atoms with van der Waals surface area (Å²) in [7, 11) is 0. The maximum atomic E-state index is 13.0. The Balaban J connectivity index is 2.41. The van der Waals surface area contributed by atoms with E-state index < -0.39 is 0 Å². The summed E-state index contributed by atoms with van der Waals surface area (Å²) in [6, 6.07) is 6.68. The molecule has 0 bridgehead atoms. The molecule has 0 spiro atoms. The number of aryl methyl sites for hydroxylation is 1. The first-order valence-corrected chi connectivity index (χ1v) is 5.91. The molecule has 2 nitrogen and oxygen atoms in total. The monoisotopic (exact) mass is 236 g/mol. The fourth-order valence-corrected chi connectivity index (χ4v) is 2.45. The Labute approximate surface area is 97.9 Å². The quantitative estimate of drug-likeness (QED) is 0.635. The number of nitrogens with two attached hydrogens (primary N) is 1. The van der Waals surface area contributed by atoms with Crippen molar-refractivity contribution >= 4 is 11.3 Å². The van der Waals surface area contributed by atoms with E-state index in [1.54, 1.807) is 17.4 Å².